The second-order valence-corrected chi connectivity index (χ2v) is 7.66. The summed E-state index contributed by atoms with van der Waals surface area (Å²) < 4.78 is 1.75. The van der Waals surface area contributed by atoms with E-state index in [2.05, 4.69) is 10.4 Å². The second kappa shape index (κ2) is 7.12. The van der Waals surface area contributed by atoms with Gasteiger partial charge in [-0.25, -0.2) is 4.68 Å². The Kier molecular flexibility index (Phi) is 4.64. The van der Waals surface area contributed by atoms with Crippen molar-refractivity contribution in [2.24, 2.45) is 0 Å². The van der Waals surface area contributed by atoms with E-state index in [9.17, 15) is 14.9 Å². The zero-order valence-corrected chi connectivity index (χ0v) is 16.2. The summed E-state index contributed by atoms with van der Waals surface area (Å²) >= 11 is 1.75. The minimum atomic E-state index is -0.475. The number of hydrogen-bond acceptors (Lipinski definition) is 5. The molecule has 1 N–H and O–H groups in total. The Bertz CT molecular complexity index is 1110. The summed E-state index contributed by atoms with van der Waals surface area (Å²) in [6.45, 7) is 3.59. The SMILES string of the molecule is Cc1cccc(-n2nc3c(c2NC(=O)c2cccc([N+](=O)[O-])c2C)CSC3)c1. The van der Waals surface area contributed by atoms with Crippen LogP contribution >= 0.6 is 11.8 Å². The Labute approximate surface area is 165 Å². The maximum Gasteiger partial charge on any atom is 0.273 e. The summed E-state index contributed by atoms with van der Waals surface area (Å²) in [5, 5.41) is 18.8. The number of nitro groups is 1. The molecule has 0 aliphatic carbocycles. The summed E-state index contributed by atoms with van der Waals surface area (Å²) in [5.74, 6) is 1.81. The van der Waals surface area contributed by atoms with Crippen molar-refractivity contribution in [3.05, 3.63) is 80.5 Å². The second-order valence-electron chi connectivity index (χ2n) is 6.68. The molecule has 3 aromatic rings. The van der Waals surface area contributed by atoms with E-state index in [1.807, 2.05) is 31.2 Å². The number of nitrogens with zero attached hydrogens (tertiary/aromatic N) is 3. The third-order valence-electron chi connectivity index (χ3n) is 4.78. The number of carbonyl (C=O) groups excluding carboxylic acids is 1. The smallest absolute Gasteiger partial charge is 0.273 e. The first kappa shape index (κ1) is 18.2. The first-order chi connectivity index (χ1) is 13.5. The molecular formula is C20H18N4O3S. The van der Waals surface area contributed by atoms with Gasteiger partial charge in [-0.15, -0.1) is 0 Å². The van der Waals surface area contributed by atoms with Gasteiger partial charge in [0.1, 0.15) is 5.82 Å². The Hall–Kier alpha value is -3.13. The number of anilines is 1. The lowest BCUT2D eigenvalue weighted by Crippen LogP contribution is -2.17. The van der Waals surface area contributed by atoms with Crippen molar-refractivity contribution in [3.63, 3.8) is 0 Å². The molecule has 0 saturated heterocycles. The molecule has 0 fully saturated rings. The first-order valence-corrected chi connectivity index (χ1v) is 9.92. The van der Waals surface area contributed by atoms with Crippen LogP contribution in [0.1, 0.15) is 32.7 Å². The molecule has 8 heteroatoms. The summed E-state index contributed by atoms with van der Waals surface area (Å²) in [4.78, 5) is 23.7. The number of aryl methyl sites for hydroxylation is 1. The van der Waals surface area contributed by atoms with Gasteiger partial charge < -0.3 is 5.32 Å². The zero-order valence-electron chi connectivity index (χ0n) is 15.4. The molecule has 0 radical (unpaired) electrons. The zero-order chi connectivity index (χ0) is 19.8. The summed E-state index contributed by atoms with van der Waals surface area (Å²) in [6, 6.07) is 12.4. The minimum absolute atomic E-state index is 0.0689. The van der Waals surface area contributed by atoms with E-state index in [-0.39, 0.29) is 17.2 Å². The van der Waals surface area contributed by atoms with Crippen LogP contribution in [-0.2, 0) is 11.5 Å². The topological polar surface area (TPSA) is 90.1 Å². The van der Waals surface area contributed by atoms with Gasteiger partial charge in [0.25, 0.3) is 11.6 Å². The molecule has 1 aromatic heterocycles. The molecule has 0 spiro atoms. The number of fused-ring (bicyclic) bond motifs is 1. The van der Waals surface area contributed by atoms with Crippen LogP contribution in [0, 0.1) is 24.0 Å². The van der Waals surface area contributed by atoms with Crippen LogP contribution in [0.2, 0.25) is 0 Å². The third kappa shape index (κ3) is 3.16. The number of amides is 1. The highest BCUT2D eigenvalue weighted by atomic mass is 32.2. The summed E-state index contributed by atoms with van der Waals surface area (Å²) in [6.07, 6.45) is 0. The highest BCUT2D eigenvalue weighted by Crippen LogP contribution is 2.36. The fourth-order valence-electron chi connectivity index (χ4n) is 3.33. The monoisotopic (exact) mass is 394 g/mol. The molecule has 2 heterocycles. The average molecular weight is 394 g/mol. The van der Waals surface area contributed by atoms with Gasteiger partial charge in [0, 0.05) is 34.3 Å². The van der Waals surface area contributed by atoms with E-state index >= 15 is 0 Å². The van der Waals surface area contributed by atoms with Crippen LogP contribution in [0.5, 0.6) is 0 Å². The van der Waals surface area contributed by atoms with Gasteiger partial charge >= 0.3 is 0 Å². The number of carbonyl (C=O) groups is 1. The lowest BCUT2D eigenvalue weighted by molar-refractivity contribution is -0.385. The first-order valence-electron chi connectivity index (χ1n) is 8.76. The summed E-state index contributed by atoms with van der Waals surface area (Å²) in [5.41, 5.74) is 4.48. The van der Waals surface area contributed by atoms with E-state index in [1.54, 1.807) is 29.4 Å². The Morgan fingerprint density at radius 3 is 2.75 bits per heavy atom. The Morgan fingerprint density at radius 1 is 1.21 bits per heavy atom. The number of nitrogens with one attached hydrogen (secondary N) is 1. The molecule has 1 aliphatic heterocycles. The fraction of sp³-hybridized carbons (Fsp3) is 0.200. The van der Waals surface area contributed by atoms with E-state index in [0.29, 0.717) is 11.4 Å². The van der Waals surface area contributed by atoms with Gasteiger partial charge in [-0.05, 0) is 37.6 Å². The molecule has 28 heavy (non-hydrogen) atoms. The Morgan fingerprint density at radius 2 is 2.00 bits per heavy atom. The van der Waals surface area contributed by atoms with Crippen LogP contribution in [0.15, 0.2) is 42.5 Å². The lowest BCUT2D eigenvalue weighted by atomic mass is 10.1. The van der Waals surface area contributed by atoms with Crippen molar-refractivity contribution < 1.29 is 9.72 Å². The number of hydrogen-bond donors (Lipinski definition) is 1. The number of thioether (sulfide) groups is 1. The maximum absolute atomic E-state index is 13.0. The maximum atomic E-state index is 13.0. The quantitative estimate of drug-likeness (QED) is 0.523. The van der Waals surface area contributed by atoms with E-state index in [4.69, 9.17) is 0 Å². The highest BCUT2D eigenvalue weighted by Gasteiger charge is 2.26. The van der Waals surface area contributed by atoms with E-state index in [1.165, 1.54) is 12.1 Å². The van der Waals surface area contributed by atoms with Gasteiger partial charge in [-0.2, -0.15) is 16.9 Å². The minimum Gasteiger partial charge on any atom is -0.306 e. The Balaban J connectivity index is 1.76. The molecule has 4 rings (SSSR count). The molecule has 0 unspecified atom stereocenters. The largest absolute Gasteiger partial charge is 0.306 e. The van der Waals surface area contributed by atoms with Gasteiger partial charge in [0.05, 0.1) is 16.3 Å². The predicted molar refractivity (Wildman–Crippen MR) is 109 cm³/mol. The standard InChI is InChI=1S/C20H18N4O3S/c1-12-5-3-6-14(9-12)23-19(16-10-28-11-17(16)22-23)21-20(25)15-7-4-8-18(13(15)2)24(26)27/h3-9H,10-11H2,1-2H3,(H,21,25). The van der Waals surface area contributed by atoms with Gasteiger partial charge in [-0.3, -0.25) is 14.9 Å². The number of aromatic nitrogens is 2. The van der Waals surface area contributed by atoms with Crippen molar-refractivity contribution in [2.75, 3.05) is 5.32 Å². The van der Waals surface area contributed by atoms with Crippen LogP contribution in [0.3, 0.4) is 0 Å². The van der Waals surface area contributed by atoms with Crippen LogP contribution in [0.4, 0.5) is 11.5 Å². The summed E-state index contributed by atoms with van der Waals surface area (Å²) in [7, 11) is 0. The van der Waals surface area contributed by atoms with Crippen molar-refractivity contribution in [3.8, 4) is 5.69 Å². The molecule has 2 aromatic carbocycles. The number of nitro benzene ring substituents is 1. The van der Waals surface area contributed by atoms with Crippen LogP contribution < -0.4 is 5.32 Å². The lowest BCUT2D eigenvalue weighted by Gasteiger charge is -2.12. The fourth-order valence-corrected chi connectivity index (χ4v) is 4.36. The highest BCUT2D eigenvalue weighted by molar-refractivity contribution is 7.98. The molecule has 142 valence electrons. The van der Waals surface area contributed by atoms with Gasteiger partial charge in [-0.1, -0.05) is 18.2 Å². The molecular weight excluding hydrogens is 376 g/mol. The van der Waals surface area contributed by atoms with Gasteiger partial charge in [0.2, 0.25) is 0 Å². The van der Waals surface area contributed by atoms with Crippen molar-refractivity contribution in [1.29, 1.82) is 0 Å². The molecule has 7 nitrogen and oxygen atoms in total. The molecule has 0 bridgehead atoms. The number of benzene rings is 2. The normalized spacial score (nSPS) is 12.6. The molecule has 1 amide bonds. The van der Waals surface area contributed by atoms with Crippen molar-refractivity contribution in [2.45, 2.75) is 25.4 Å². The molecule has 0 saturated carbocycles. The van der Waals surface area contributed by atoms with E-state index in [0.717, 1.165) is 34.0 Å². The molecule has 0 atom stereocenters. The third-order valence-corrected chi connectivity index (χ3v) is 5.75. The van der Waals surface area contributed by atoms with Crippen LogP contribution in [-0.4, -0.2) is 20.6 Å². The van der Waals surface area contributed by atoms with Gasteiger partial charge in [0.15, 0.2) is 0 Å². The van der Waals surface area contributed by atoms with Crippen molar-refractivity contribution >= 4 is 29.2 Å². The number of rotatable bonds is 4. The predicted octanol–water partition coefficient (Wildman–Crippen LogP) is 4.40. The molecule has 1 aliphatic rings. The van der Waals surface area contributed by atoms with E-state index < -0.39 is 4.92 Å². The van der Waals surface area contributed by atoms with Crippen molar-refractivity contribution in [1.82, 2.24) is 9.78 Å². The average Bonchev–Trinajstić information content (AvgIpc) is 3.24. The van der Waals surface area contributed by atoms with Crippen LogP contribution in [0.25, 0.3) is 5.69 Å².